The van der Waals surface area contributed by atoms with E-state index in [0.717, 1.165) is 24.0 Å². The average Bonchev–Trinajstić information content (AvgIpc) is 3.98. The molecule has 1 aliphatic rings. The lowest BCUT2D eigenvalue weighted by Gasteiger charge is -2.34. The van der Waals surface area contributed by atoms with Crippen LogP contribution in [0.25, 0.3) is 43.8 Å². The van der Waals surface area contributed by atoms with Crippen LogP contribution in [0.5, 0.6) is 0 Å². The average molecular weight is 957 g/mol. The van der Waals surface area contributed by atoms with Gasteiger partial charge in [-0.15, -0.1) is 0 Å². The van der Waals surface area contributed by atoms with Crippen molar-refractivity contribution in [3.63, 3.8) is 0 Å². The molecule has 370 valence electrons. The molecule has 10 aromatic carbocycles. The summed E-state index contributed by atoms with van der Waals surface area (Å²) in [5.41, 5.74) is 19.2. The third-order valence-electron chi connectivity index (χ3n) is 13.2. The molecule has 1 heterocycles. The van der Waals surface area contributed by atoms with Crippen LogP contribution in [0, 0.1) is 34.6 Å². The van der Waals surface area contributed by atoms with Gasteiger partial charge in [-0.1, -0.05) is 283 Å². The van der Waals surface area contributed by atoms with Gasteiger partial charge >= 0.3 is 0 Å². The summed E-state index contributed by atoms with van der Waals surface area (Å²) in [7, 11) is 0. The Morgan fingerprint density at radius 3 is 1.33 bits per heavy atom. The highest BCUT2D eigenvalue weighted by Crippen LogP contribution is 2.58. The molecular formula is C72H76O. The molecule has 0 N–H and O–H groups in total. The van der Waals surface area contributed by atoms with Crippen molar-refractivity contribution in [3.05, 3.63) is 298 Å². The van der Waals surface area contributed by atoms with Crippen LogP contribution in [0.2, 0.25) is 0 Å². The first-order valence-electron chi connectivity index (χ1n) is 26.5. The van der Waals surface area contributed by atoms with Gasteiger partial charge in [0.05, 0.1) is 5.41 Å². The van der Waals surface area contributed by atoms with Crippen LogP contribution in [-0.2, 0) is 18.3 Å². The molecule has 0 fully saturated rings. The Morgan fingerprint density at radius 2 is 0.795 bits per heavy atom. The van der Waals surface area contributed by atoms with Crippen molar-refractivity contribution < 1.29 is 4.42 Å². The summed E-state index contributed by atoms with van der Waals surface area (Å²) in [5, 5.41) is 5.13. The van der Waals surface area contributed by atoms with Gasteiger partial charge in [0.2, 0.25) is 0 Å². The van der Waals surface area contributed by atoms with Gasteiger partial charge in [-0.2, -0.15) is 0 Å². The molecule has 12 rings (SSSR count). The molecule has 0 amide bonds. The molecule has 0 spiro atoms. The van der Waals surface area contributed by atoms with E-state index in [2.05, 4.69) is 230 Å². The molecular weight excluding hydrogens is 881 g/mol. The molecule has 1 heteroatoms. The fraction of sp³-hybridized carbons (Fsp3) is 0.194. The monoisotopic (exact) mass is 957 g/mol. The first-order valence-corrected chi connectivity index (χ1v) is 26.5. The second kappa shape index (κ2) is 27.2. The van der Waals surface area contributed by atoms with Crippen molar-refractivity contribution in [1.82, 2.24) is 0 Å². The standard InChI is InChI=1S/C31H24.C13H10O.C9H12.C8H10.C7H8.2C2H6/c1-21-17-18-27-28(19-21)31(23-11-5-3-6-12-23,24-13-7-4-8-14-24)29-20-22(2)25-15-9-10-16-26(25)30(27)29;1-9-5-4-8-12-13(9)10-6-2-3-7-11(10)14-12;1-3-9-6-4-8(2)5-7-9;1-2-8-6-4-3-5-7-8;1-7-5-3-2-4-6-7;2*1-2/h3-20H,1-2H3;2-8H,1H3;4-7H,3H2,1-2H3;3-7H,2H2,1H3;2-6H,1H3;2*1-2H3. The number of hydrogen-bond acceptors (Lipinski definition) is 1. The summed E-state index contributed by atoms with van der Waals surface area (Å²) in [4.78, 5) is 0. The van der Waals surface area contributed by atoms with E-state index in [0.29, 0.717) is 0 Å². The summed E-state index contributed by atoms with van der Waals surface area (Å²) < 4.78 is 5.73. The van der Waals surface area contributed by atoms with Gasteiger partial charge in [0.25, 0.3) is 0 Å². The molecule has 0 bridgehead atoms. The number of fused-ring (bicyclic) bond motifs is 8. The number of benzene rings is 10. The Bertz CT molecular complexity index is 3320. The van der Waals surface area contributed by atoms with Crippen LogP contribution < -0.4 is 0 Å². The van der Waals surface area contributed by atoms with Crippen molar-refractivity contribution >= 4 is 32.7 Å². The third kappa shape index (κ3) is 12.8. The van der Waals surface area contributed by atoms with E-state index >= 15 is 0 Å². The summed E-state index contributed by atoms with van der Waals surface area (Å²) in [5.74, 6) is 0. The molecule has 11 aromatic rings. The second-order valence-corrected chi connectivity index (χ2v) is 18.1. The van der Waals surface area contributed by atoms with Crippen molar-refractivity contribution in [2.75, 3.05) is 0 Å². The largest absolute Gasteiger partial charge is 0.456 e. The molecule has 1 nitrogen and oxygen atoms in total. The van der Waals surface area contributed by atoms with E-state index in [-0.39, 0.29) is 5.41 Å². The number of furan rings is 1. The lowest BCUT2D eigenvalue weighted by molar-refractivity contribution is 0.669. The maximum absolute atomic E-state index is 5.73. The maximum atomic E-state index is 5.73. The van der Waals surface area contributed by atoms with E-state index in [4.69, 9.17) is 4.42 Å². The lowest BCUT2D eigenvalue weighted by Crippen LogP contribution is -2.28. The minimum atomic E-state index is -0.325. The maximum Gasteiger partial charge on any atom is 0.135 e. The summed E-state index contributed by atoms with van der Waals surface area (Å²) in [6.45, 7) is 23.1. The number of rotatable bonds is 4. The van der Waals surface area contributed by atoms with Crippen molar-refractivity contribution in [2.24, 2.45) is 0 Å². The topological polar surface area (TPSA) is 13.1 Å². The van der Waals surface area contributed by atoms with Crippen molar-refractivity contribution in [1.29, 1.82) is 0 Å². The number of para-hydroxylation sites is 1. The Kier molecular flexibility index (Phi) is 20.3. The van der Waals surface area contributed by atoms with Crippen molar-refractivity contribution in [2.45, 2.75) is 94.4 Å². The Morgan fingerprint density at radius 1 is 0.342 bits per heavy atom. The minimum Gasteiger partial charge on any atom is -0.456 e. The molecule has 0 atom stereocenters. The Balaban J connectivity index is 0.000000170. The molecule has 0 unspecified atom stereocenters. The van der Waals surface area contributed by atoms with Gasteiger partial charge in [-0.05, 0) is 126 Å². The Hall–Kier alpha value is -7.74. The van der Waals surface area contributed by atoms with Crippen molar-refractivity contribution in [3.8, 4) is 11.1 Å². The predicted octanol–water partition coefficient (Wildman–Crippen LogP) is 20.6. The van der Waals surface area contributed by atoms with Crippen LogP contribution in [0.3, 0.4) is 0 Å². The van der Waals surface area contributed by atoms with E-state index in [1.54, 1.807) is 0 Å². The first-order chi connectivity index (χ1) is 35.7. The predicted molar refractivity (Wildman–Crippen MR) is 319 cm³/mol. The normalized spacial score (nSPS) is 11.2. The third-order valence-corrected chi connectivity index (χ3v) is 13.2. The van der Waals surface area contributed by atoms with Crippen LogP contribution in [0.4, 0.5) is 0 Å². The number of aryl methyl sites for hydroxylation is 7. The van der Waals surface area contributed by atoms with Crippen LogP contribution in [0.15, 0.2) is 241 Å². The van der Waals surface area contributed by atoms with Gasteiger partial charge in [0.15, 0.2) is 0 Å². The second-order valence-electron chi connectivity index (χ2n) is 18.1. The molecule has 1 aliphatic carbocycles. The van der Waals surface area contributed by atoms with E-state index in [1.807, 2.05) is 82.3 Å². The summed E-state index contributed by atoms with van der Waals surface area (Å²) in [6, 6.07) is 84.0. The lowest BCUT2D eigenvalue weighted by atomic mass is 9.67. The highest BCUT2D eigenvalue weighted by Gasteiger charge is 2.46. The van der Waals surface area contributed by atoms with E-state index in [9.17, 15) is 0 Å². The van der Waals surface area contributed by atoms with Gasteiger partial charge < -0.3 is 4.42 Å². The molecule has 73 heavy (non-hydrogen) atoms. The fourth-order valence-electron chi connectivity index (χ4n) is 9.66. The SMILES string of the molecule is CC.CC.CCc1ccc(C)cc1.CCc1ccccc1.Cc1ccc2c(c1)C(c1ccccc1)(c1ccccc1)c1cc(C)c3ccccc3c1-2.Cc1cccc2oc3ccccc3c12.Cc1ccccc1. The zero-order chi connectivity index (χ0) is 52.2. The van der Waals surface area contributed by atoms with E-state index < -0.39 is 0 Å². The van der Waals surface area contributed by atoms with Crippen LogP contribution >= 0.6 is 0 Å². The highest BCUT2D eigenvalue weighted by atomic mass is 16.3. The van der Waals surface area contributed by atoms with Crippen LogP contribution in [0.1, 0.15) is 103 Å². The van der Waals surface area contributed by atoms with Gasteiger partial charge in [0.1, 0.15) is 11.2 Å². The first kappa shape index (κ1) is 54.6. The number of hydrogen-bond donors (Lipinski definition) is 0. The molecule has 0 saturated carbocycles. The quantitative estimate of drug-likeness (QED) is 0.171. The van der Waals surface area contributed by atoms with Crippen LogP contribution in [-0.4, -0.2) is 0 Å². The molecule has 0 radical (unpaired) electrons. The Labute approximate surface area is 438 Å². The fourth-order valence-corrected chi connectivity index (χ4v) is 9.66. The zero-order valence-corrected chi connectivity index (χ0v) is 45.3. The zero-order valence-electron chi connectivity index (χ0n) is 45.3. The summed E-state index contributed by atoms with van der Waals surface area (Å²) in [6.07, 6.45) is 2.28. The highest BCUT2D eigenvalue weighted by molar-refractivity contribution is 6.07. The molecule has 0 saturated heterocycles. The molecule has 1 aromatic heterocycles. The van der Waals surface area contributed by atoms with E-state index in [1.165, 1.54) is 93.9 Å². The molecule has 0 aliphatic heterocycles. The smallest absolute Gasteiger partial charge is 0.135 e. The summed E-state index contributed by atoms with van der Waals surface area (Å²) >= 11 is 0. The van der Waals surface area contributed by atoms with Gasteiger partial charge in [0, 0.05) is 10.8 Å². The van der Waals surface area contributed by atoms with Gasteiger partial charge in [-0.3, -0.25) is 0 Å². The van der Waals surface area contributed by atoms with Gasteiger partial charge in [-0.25, -0.2) is 0 Å². The minimum absolute atomic E-state index is 0.325.